The maximum absolute atomic E-state index is 12.9. The topological polar surface area (TPSA) is 22.0 Å². The molecule has 0 spiro atoms. The molecule has 3 rings (SSSR count). The Morgan fingerprint density at radius 3 is 2.19 bits per heavy atom. The van der Waals surface area contributed by atoms with Crippen molar-refractivity contribution in [1.82, 2.24) is 4.57 Å². The van der Waals surface area contributed by atoms with Crippen molar-refractivity contribution < 1.29 is 0 Å². The Bertz CT molecular complexity index is 845. The van der Waals surface area contributed by atoms with Gasteiger partial charge in [-0.2, -0.15) is 0 Å². The third-order valence-electron chi connectivity index (χ3n) is 3.95. The molecule has 0 N–H and O–H groups in total. The normalized spacial score (nSPS) is 11.2. The Labute approximate surface area is 124 Å². The molecule has 0 aliphatic heterocycles. The number of fused-ring (bicyclic) bond motifs is 1. The van der Waals surface area contributed by atoms with Crippen LogP contribution in [0.3, 0.4) is 0 Å². The van der Waals surface area contributed by atoms with Crippen molar-refractivity contribution in [2.45, 2.75) is 26.7 Å². The summed E-state index contributed by atoms with van der Waals surface area (Å²) in [4.78, 5) is 12.9. The highest BCUT2D eigenvalue weighted by Gasteiger charge is 2.16. The lowest BCUT2D eigenvalue weighted by molar-refractivity contribution is 0.851. The molecule has 0 amide bonds. The van der Waals surface area contributed by atoms with Crippen LogP contribution in [0.1, 0.15) is 30.9 Å². The third kappa shape index (κ3) is 2.17. The van der Waals surface area contributed by atoms with Gasteiger partial charge in [-0.1, -0.05) is 50.2 Å². The molecule has 2 nitrogen and oxygen atoms in total. The highest BCUT2D eigenvalue weighted by Crippen LogP contribution is 2.27. The molecule has 0 unspecified atom stereocenters. The van der Waals surface area contributed by atoms with E-state index < -0.39 is 0 Å². The average molecular weight is 277 g/mol. The smallest absolute Gasteiger partial charge is 0.258 e. The summed E-state index contributed by atoms with van der Waals surface area (Å²) in [6.07, 6.45) is 0. The van der Waals surface area contributed by atoms with Crippen LogP contribution in [0.4, 0.5) is 0 Å². The summed E-state index contributed by atoms with van der Waals surface area (Å²) in [5, 5.41) is 1.16. The molecule has 0 atom stereocenters. The second kappa shape index (κ2) is 5.21. The molecule has 0 saturated heterocycles. The number of hydrogen-bond donors (Lipinski definition) is 0. The molecule has 0 radical (unpaired) electrons. The van der Waals surface area contributed by atoms with Crippen LogP contribution in [0.15, 0.2) is 59.4 Å². The fourth-order valence-electron chi connectivity index (χ4n) is 3.07. The summed E-state index contributed by atoms with van der Waals surface area (Å²) in [7, 11) is 0. The van der Waals surface area contributed by atoms with Crippen LogP contribution < -0.4 is 5.56 Å². The number of benzene rings is 2. The summed E-state index contributed by atoms with van der Waals surface area (Å²) in [6, 6.07) is 18.0. The Hall–Kier alpha value is -2.35. The lowest BCUT2D eigenvalue weighted by atomic mass is 9.94. The summed E-state index contributed by atoms with van der Waals surface area (Å²) in [5.74, 6) is 0.327. The van der Waals surface area contributed by atoms with Crippen LogP contribution in [-0.4, -0.2) is 4.57 Å². The summed E-state index contributed by atoms with van der Waals surface area (Å²) < 4.78 is 1.82. The van der Waals surface area contributed by atoms with Crippen LogP contribution in [0.5, 0.6) is 0 Å². The van der Waals surface area contributed by atoms with E-state index in [0.29, 0.717) is 5.92 Å². The molecular formula is C19H19NO. The number of para-hydroxylation sites is 2. The molecule has 1 heterocycles. The molecule has 2 heteroatoms. The Morgan fingerprint density at radius 2 is 1.52 bits per heavy atom. The minimum Gasteiger partial charge on any atom is -0.277 e. The highest BCUT2D eigenvalue weighted by molar-refractivity contribution is 5.85. The first-order valence-electron chi connectivity index (χ1n) is 7.31. The number of aromatic nitrogens is 1. The van der Waals surface area contributed by atoms with Crippen molar-refractivity contribution in [3.63, 3.8) is 0 Å². The van der Waals surface area contributed by atoms with Crippen LogP contribution in [0, 0.1) is 6.92 Å². The maximum Gasteiger partial charge on any atom is 0.258 e. The first kappa shape index (κ1) is 13.6. The van der Waals surface area contributed by atoms with E-state index in [-0.39, 0.29) is 5.56 Å². The molecule has 2 aromatic carbocycles. The van der Waals surface area contributed by atoms with E-state index in [4.69, 9.17) is 0 Å². The zero-order valence-electron chi connectivity index (χ0n) is 12.6. The maximum atomic E-state index is 12.9. The van der Waals surface area contributed by atoms with E-state index in [1.807, 2.05) is 60.0 Å². The minimum absolute atomic E-state index is 0.0728. The zero-order chi connectivity index (χ0) is 15.0. The van der Waals surface area contributed by atoms with Gasteiger partial charge in [0.2, 0.25) is 0 Å². The quantitative estimate of drug-likeness (QED) is 0.679. The van der Waals surface area contributed by atoms with Gasteiger partial charge in [0.25, 0.3) is 5.56 Å². The summed E-state index contributed by atoms with van der Waals surface area (Å²) in [5.41, 5.74) is 3.96. The first-order chi connectivity index (χ1) is 10.1. The van der Waals surface area contributed by atoms with E-state index >= 15 is 0 Å². The van der Waals surface area contributed by atoms with Gasteiger partial charge in [-0.25, -0.2) is 0 Å². The minimum atomic E-state index is 0.0728. The number of hydrogen-bond acceptors (Lipinski definition) is 1. The molecule has 21 heavy (non-hydrogen) atoms. The standard InChI is InChI=1S/C19H19NO/c1-13(2)18-14(3)19(21)20(15-9-5-4-6-10-15)17-12-8-7-11-16(17)18/h4-13H,1-3H3. The van der Waals surface area contributed by atoms with Gasteiger partial charge in [0.15, 0.2) is 0 Å². The van der Waals surface area contributed by atoms with Crippen molar-refractivity contribution in [2.24, 2.45) is 0 Å². The second-order valence-corrected chi connectivity index (χ2v) is 5.69. The fourth-order valence-corrected chi connectivity index (χ4v) is 3.07. The molecule has 0 fully saturated rings. The van der Waals surface area contributed by atoms with Crippen molar-refractivity contribution in [3.05, 3.63) is 76.1 Å². The largest absolute Gasteiger partial charge is 0.277 e. The summed E-state index contributed by atoms with van der Waals surface area (Å²) >= 11 is 0. The SMILES string of the molecule is Cc1c(C(C)C)c2ccccc2n(-c2ccccc2)c1=O. The summed E-state index contributed by atoms with van der Waals surface area (Å²) in [6.45, 7) is 6.21. The Kier molecular flexibility index (Phi) is 3.38. The van der Waals surface area contributed by atoms with Gasteiger partial charge in [-0.3, -0.25) is 9.36 Å². The van der Waals surface area contributed by atoms with E-state index in [1.54, 1.807) is 0 Å². The van der Waals surface area contributed by atoms with Crippen molar-refractivity contribution in [3.8, 4) is 5.69 Å². The molecular weight excluding hydrogens is 258 g/mol. The molecule has 0 bridgehead atoms. The van der Waals surface area contributed by atoms with Gasteiger partial charge in [0, 0.05) is 16.6 Å². The lowest BCUT2D eigenvalue weighted by Crippen LogP contribution is -2.23. The van der Waals surface area contributed by atoms with Gasteiger partial charge >= 0.3 is 0 Å². The average Bonchev–Trinajstić information content (AvgIpc) is 2.49. The van der Waals surface area contributed by atoms with Gasteiger partial charge in [0.05, 0.1) is 5.52 Å². The Morgan fingerprint density at radius 1 is 0.905 bits per heavy atom. The van der Waals surface area contributed by atoms with Crippen molar-refractivity contribution >= 4 is 10.9 Å². The van der Waals surface area contributed by atoms with Gasteiger partial charge in [0.1, 0.15) is 0 Å². The van der Waals surface area contributed by atoms with Crippen LogP contribution >= 0.6 is 0 Å². The molecule has 3 aromatic rings. The predicted molar refractivity (Wildman–Crippen MR) is 88.4 cm³/mol. The van der Waals surface area contributed by atoms with Crippen molar-refractivity contribution in [1.29, 1.82) is 0 Å². The molecule has 0 aliphatic carbocycles. The molecule has 106 valence electrons. The fraction of sp³-hybridized carbons (Fsp3) is 0.211. The molecule has 1 aromatic heterocycles. The Balaban J connectivity index is 2.50. The van der Waals surface area contributed by atoms with Gasteiger partial charge < -0.3 is 0 Å². The molecule has 0 aliphatic rings. The first-order valence-corrected chi connectivity index (χ1v) is 7.31. The van der Waals surface area contributed by atoms with E-state index in [9.17, 15) is 4.79 Å². The molecule has 0 saturated carbocycles. The number of nitrogens with zero attached hydrogens (tertiary/aromatic N) is 1. The van der Waals surface area contributed by atoms with Crippen LogP contribution in [0.25, 0.3) is 16.6 Å². The second-order valence-electron chi connectivity index (χ2n) is 5.69. The van der Waals surface area contributed by atoms with Gasteiger partial charge in [-0.05, 0) is 36.6 Å². The monoisotopic (exact) mass is 277 g/mol. The zero-order valence-corrected chi connectivity index (χ0v) is 12.6. The number of pyridine rings is 1. The van der Waals surface area contributed by atoms with E-state index in [2.05, 4.69) is 19.9 Å². The van der Waals surface area contributed by atoms with Crippen LogP contribution in [0.2, 0.25) is 0 Å². The van der Waals surface area contributed by atoms with E-state index in [1.165, 1.54) is 0 Å². The van der Waals surface area contributed by atoms with Crippen LogP contribution in [-0.2, 0) is 0 Å². The van der Waals surface area contributed by atoms with Gasteiger partial charge in [-0.15, -0.1) is 0 Å². The predicted octanol–water partition coefficient (Wildman–Crippen LogP) is 4.42. The van der Waals surface area contributed by atoms with E-state index in [0.717, 1.165) is 27.7 Å². The number of rotatable bonds is 2. The third-order valence-corrected chi connectivity index (χ3v) is 3.95. The highest BCUT2D eigenvalue weighted by atomic mass is 16.1. The lowest BCUT2D eigenvalue weighted by Gasteiger charge is -2.18. The van der Waals surface area contributed by atoms with Crippen molar-refractivity contribution in [2.75, 3.05) is 0 Å².